The molecule has 0 radical (unpaired) electrons. The summed E-state index contributed by atoms with van der Waals surface area (Å²) in [4.78, 5) is 1.03. The number of aromatic nitrogens is 4. The van der Waals surface area contributed by atoms with E-state index >= 15 is 0 Å². The first-order valence-corrected chi connectivity index (χ1v) is 11.1. The molecule has 1 saturated heterocycles. The Morgan fingerprint density at radius 1 is 0.939 bits per heavy atom. The van der Waals surface area contributed by atoms with E-state index in [2.05, 4.69) is 15.5 Å². The molecule has 0 N–H and O–H groups in total. The molecule has 2 heterocycles. The lowest BCUT2D eigenvalue weighted by Crippen LogP contribution is -2.48. The predicted molar refractivity (Wildman–Crippen MR) is 105 cm³/mol. The van der Waals surface area contributed by atoms with E-state index < -0.39 is 38.3 Å². The minimum absolute atomic E-state index is 0.0404. The Morgan fingerprint density at radius 3 is 2.30 bits per heavy atom. The van der Waals surface area contributed by atoms with Crippen molar-refractivity contribution in [3.8, 4) is 5.69 Å². The molecule has 33 heavy (non-hydrogen) atoms. The van der Waals surface area contributed by atoms with Crippen LogP contribution >= 0.6 is 0 Å². The summed E-state index contributed by atoms with van der Waals surface area (Å²) in [6.07, 6.45) is -4.80. The summed E-state index contributed by atoms with van der Waals surface area (Å²) < 4.78 is 94.6. The molecule has 1 aromatic heterocycles. The number of benzene rings is 2. The smallest absolute Gasteiger partial charge is 0.293 e. The van der Waals surface area contributed by atoms with E-state index in [1.54, 1.807) is 0 Å². The van der Waals surface area contributed by atoms with Crippen LogP contribution in [0.5, 0.6) is 0 Å². The van der Waals surface area contributed by atoms with Gasteiger partial charge in [0.15, 0.2) is 17.5 Å². The molecule has 0 atom stereocenters. The normalized spacial score (nSPS) is 16.3. The molecule has 14 heteroatoms. The highest BCUT2D eigenvalue weighted by Gasteiger charge is 2.39. The maximum absolute atomic E-state index is 13.6. The second kappa shape index (κ2) is 8.76. The van der Waals surface area contributed by atoms with Crippen LogP contribution in [0.4, 0.5) is 22.0 Å². The lowest BCUT2D eigenvalue weighted by Gasteiger charge is -2.34. The molecule has 1 fully saturated rings. The third-order valence-electron chi connectivity index (χ3n) is 5.19. The van der Waals surface area contributed by atoms with Crippen LogP contribution in [0.1, 0.15) is 11.4 Å². The topological polar surface area (TPSA) is 84.2 Å². The molecular formula is C19H17F5N6O2S. The van der Waals surface area contributed by atoms with Gasteiger partial charge in [-0.1, -0.05) is 12.1 Å². The largest absolute Gasteiger partial charge is 0.417 e. The third kappa shape index (κ3) is 4.72. The van der Waals surface area contributed by atoms with Crippen LogP contribution in [0, 0.1) is 11.6 Å². The second-order valence-corrected chi connectivity index (χ2v) is 9.19. The molecule has 176 valence electrons. The van der Waals surface area contributed by atoms with Gasteiger partial charge < -0.3 is 0 Å². The summed E-state index contributed by atoms with van der Waals surface area (Å²) in [5, 5.41) is 11.2. The maximum Gasteiger partial charge on any atom is 0.417 e. The van der Waals surface area contributed by atoms with Crippen LogP contribution < -0.4 is 0 Å². The number of tetrazole rings is 1. The van der Waals surface area contributed by atoms with E-state index in [1.165, 1.54) is 16.8 Å². The number of halogens is 5. The van der Waals surface area contributed by atoms with Crippen molar-refractivity contribution in [2.24, 2.45) is 0 Å². The fraction of sp³-hybridized carbons (Fsp3) is 0.316. The molecule has 4 rings (SSSR count). The van der Waals surface area contributed by atoms with Crippen molar-refractivity contribution < 1.29 is 30.4 Å². The Labute approximate surface area is 185 Å². The number of rotatable bonds is 5. The molecule has 8 nitrogen and oxygen atoms in total. The van der Waals surface area contributed by atoms with Crippen LogP contribution in [0.3, 0.4) is 0 Å². The summed E-state index contributed by atoms with van der Waals surface area (Å²) in [5.74, 6) is -1.77. The number of hydrogen-bond donors (Lipinski definition) is 0. The highest BCUT2D eigenvalue weighted by molar-refractivity contribution is 7.89. The molecule has 0 bridgehead atoms. The summed E-state index contributed by atoms with van der Waals surface area (Å²) in [7, 11) is -4.36. The van der Waals surface area contributed by atoms with Crippen LogP contribution in [-0.4, -0.2) is 64.0 Å². The van der Waals surface area contributed by atoms with Crippen LogP contribution in [0.15, 0.2) is 47.4 Å². The van der Waals surface area contributed by atoms with Gasteiger partial charge in [0.2, 0.25) is 10.0 Å². The minimum atomic E-state index is -4.80. The van der Waals surface area contributed by atoms with Gasteiger partial charge in [0, 0.05) is 32.2 Å². The zero-order chi connectivity index (χ0) is 23.8. The van der Waals surface area contributed by atoms with E-state index in [-0.39, 0.29) is 38.4 Å². The van der Waals surface area contributed by atoms with Crippen LogP contribution in [0.25, 0.3) is 5.69 Å². The average Bonchev–Trinajstić information content (AvgIpc) is 3.23. The summed E-state index contributed by atoms with van der Waals surface area (Å²) in [6.45, 7) is 0.498. The third-order valence-corrected chi connectivity index (χ3v) is 7.15. The van der Waals surface area contributed by atoms with Crippen molar-refractivity contribution >= 4 is 10.0 Å². The van der Waals surface area contributed by atoms with Crippen molar-refractivity contribution in [3.63, 3.8) is 0 Å². The Kier molecular flexibility index (Phi) is 6.16. The molecule has 0 saturated carbocycles. The van der Waals surface area contributed by atoms with Crippen molar-refractivity contribution in [1.29, 1.82) is 0 Å². The molecule has 0 spiro atoms. The first-order valence-electron chi connectivity index (χ1n) is 9.69. The Morgan fingerprint density at radius 2 is 1.64 bits per heavy atom. The molecule has 3 aromatic rings. The van der Waals surface area contributed by atoms with E-state index in [0.717, 1.165) is 34.6 Å². The summed E-state index contributed by atoms with van der Waals surface area (Å²) in [6, 6.07) is 7.26. The lowest BCUT2D eigenvalue weighted by molar-refractivity contribution is -0.139. The molecule has 0 aliphatic carbocycles. The van der Waals surface area contributed by atoms with Gasteiger partial charge in [-0.25, -0.2) is 17.2 Å². The fourth-order valence-corrected chi connectivity index (χ4v) is 5.15. The monoisotopic (exact) mass is 488 g/mol. The molecular weight excluding hydrogens is 471 g/mol. The van der Waals surface area contributed by atoms with Gasteiger partial charge in [-0.3, -0.25) is 4.90 Å². The molecule has 0 unspecified atom stereocenters. The number of alkyl halides is 3. The number of nitrogens with zero attached hydrogens (tertiary/aromatic N) is 6. The SMILES string of the molecule is O=S(=O)(c1ccccc1C(F)(F)F)N1CCN(Cc2nnnn2-c2ccc(F)c(F)c2)CC1. The first kappa shape index (κ1) is 23.2. The number of sulfonamides is 1. The molecule has 2 aromatic carbocycles. The summed E-state index contributed by atoms with van der Waals surface area (Å²) >= 11 is 0. The van der Waals surface area contributed by atoms with E-state index in [0.29, 0.717) is 5.82 Å². The maximum atomic E-state index is 13.6. The Hall–Kier alpha value is -2.97. The molecule has 1 aliphatic rings. The van der Waals surface area contributed by atoms with Crippen molar-refractivity contribution in [3.05, 3.63) is 65.5 Å². The highest BCUT2D eigenvalue weighted by Crippen LogP contribution is 2.35. The van der Waals surface area contributed by atoms with Crippen LogP contribution in [-0.2, 0) is 22.7 Å². The average molecular weight is 488 g/mol. The zero-order valence-corrected chi connectivity index (χ0v) is 17.7. The highest BCUT2D eigenvalue weighted by atomic mass is 32.2. The van der Waals surface area contributed by atoms with E-state index in [1.807, 2.05) is 4.90 Å². The van der Waals surface area contributed by atoms with Gasteiger partial charge >= 0.3 is 6.18 Å². The predicted octanol–water partition coefficient (Wildman–Crippen LogP) is 2.47. The van der Waals surface area contributed by atoms with Gasteiger partial charge in [-0.15, -0.1) is 5.10 Å². The Bertz CT molecular complexity index is 1260. The fourth-order valence-electron chi connectivity index (χ4n) is 3.51. The van der Waals surface area contributed by atoms with Crippen LogP contribution in [0.2, 0.25) is 0 Å². The number of piperazine rings is 1. The standard InChI is InChI=1S/C19H17F5N6O2S/c20-15-6-5-13(11-16(15)21)30-18(25-26-27-30)12-28-7-9-29(10-8-28)33(31,32)17-4-2-1-3-14(17)19(22,23)24/h1-6,11H,7-10,12H2. The molecule has 1 aliphatic heterocycles. The van der Waals surface area contributed by atoms with Crippen molar-refractivity contribution in [2.45, 2.75) is 17.6 Å². The minimum Gasteiger partial charge on any atom is -0.293 e. The first-order chi connectivity index (χ1) is 15.6. The van der Waals surface area contributed by atoms with Gasteiger partial charge in [0.05, 0.1) is 22.7 Å². The van der Waals surface area contributed by atoms with E-state index in [9.17, 15) is 30.4 Å². The lowest BCUT2D eigenvalue weighted by atomic mass is 10.2. The van der Waals surface area contributed by atoms with Crippen molar-refractivity contribution in [1.82, 2.24) is 29.4 Å². The quantitative estimate of drug-likeness (QED) is 0.513. The van der Waals surface area contributed by atoms with Gasteiger partial charge in [0.1, 0.15) is 0 Å². The van der Waals surface area contributed by atoms with E-state index in [4.69, 9.17) is 0 Å². The zero-order valence-electron chi connectivity index (χ0n) is 16.9. The van der Waals surface area contributed by atoms with Gasteiger partial charge in [0.25, 0.3) is 0 Å². The number of hydrogen-bond acceptors (Lipinski definition) is 6. The molecule has 0 amide bonds. The van der Waals surface area contributed by atoms with Gasteiger partial charge in [-0.05, 0) is 34.7 Å². The van der Waals surface area contributed by atoms with Crippen molar-refractivity contribution in [2.75, 3.05) is 26.2 Å². The Balaban J connectivity index is 1.47. The summed E-state index contributed by atoms with van der Waals surface area (Å²) in [5.41, 5.74) is -1.00. The van der Waals surface area contributed by atoms with Gasteiger partial charge in [-0.2, -0.15) is 22.2 Å². The second-order valence-electron chi connectivity index (χ2n) is 7.28.